The Morgan fingerprint density at radius 2 is 1.88 bits per heavy atom. The molecule has 0 aromatic rings. The first-order valence-corrected chi connectivity index (χ1v) is 6.39. The first kappa shape index (κ1) is 14.4. The Kier molecular flexibility index (Phi) is 5.88. The normalized spacial score (nSPS) is 22.3. The van der Waals surface area contributed by atoms with Gasteiger partial charge in [0, 0.05) is 38.8 Å². The van der Waals surface area contributed by atoms with Crippen LogP contribution in [-0.2, 0) is 4.79 Å². The van der Waals surface area contributed by atoms with Gasteiger partial charge >= 0.3 is 5.97 Å². The van der Waals surface area contributed by atoms with Crippen molar-refractivity contribution >= 4 is 5.97 Å². The van der Waals surface area contributed by atoms with E-state index in [0.717, 1.165) is 32.6 Å². The van der Waals surface area contributed by atoms with Crippen LogP contribution in [0.2, 0.25) is 0 Å². The number of rotatable bonds is 6. The minimum absolute atomic E-state index is 0.161. The standard InChI is InChI=1S/C12H24N2O3/c1-3-10(2)14-6-4-13(5-7-14)9-11(15)8-12(16)17/h10-11,15H,3-9H2,1-2H3,(H,16,17). The Morgan fingerprint density at radius 1 is 1.29 bits per heavy atom. The van der Waals surface area contributed by atoms with Gasteiger partial charge in [-0.2, -0.15) is 0 Å². The van der Waals surface area contributed by atoms with Crippen LogP contribution in [0.25, 0.3) is 0 Å². The molecule has 2 unspecified atom stereocenters. The SMILES string of the molecule is CCC(C)N1CCN(CC(O)CC(=O)O)CC1. The highest BCUT2D eigenvalue weighted by Crippen LogP contribution is 2.09. The fourth-order valence-corrected chi connectivity index (χ4v) is 2.21. The van der Waals surface area contributed by atoms with Crippen molar-refractivity contribution in [1.29, 1.82) is 0 Å². The molecule has 5 heteroatoms. The summed E-state index contributed by atoms with van der Waals surface area (Å²) in [5, 5.41) is 18.1. The van der Waals surface area contributed by atoms with Gasteiger partial charge in [-0.15, -0.1) is 0 Å². The molecule has 0 aliphatic carbocycles. The van der Waals surface area contributed by atoms with Crippen LogP contribution in [0, 0.1) is 0 Å². The minimum Gasteiger partial charge on any atom is -0.481 e. The number of β-amino-alcohol motifs (C(OH)–C–C–N with tert-alkyl or cyclic N) is 1. The third-order valence-corrected chi connectivity index (χ3v) is 3.50. The number of aliphatic hydroxyl groups is 1. The molecule has 0 saturated carbocycles. The summed E-state index contributed by atoms with van der Waals surface area (Å²) in [5.74, 6) is -0.934. The molecule has 1 heterocycles. The number of carboxylic acids is 1. The van der Waals surface area contributed by atoms with Crippen LogP contribution in [0.1, 0.15) is 26.7 Å². The maximum atomic E-state index is 10.4. The monoisotopic (exact) mass is 244 g/mol. The Morgan fingerprint density at radius 3 is 2.35 bits per heavy atom. The summed E-state index contributed by atoms with van der Waals surface area (Å²) in [5.41, 5.74) is 0. The van der Waals surface area contributed by atoms with Gasteiger partial charge in [-0.1, -0.05) is 6.92 Å². The smallest absolute Gasteiger partial charge is 0.306 e. The summed E-state index contributed by atoms with van der Waals surface area (Å²) < 4.78 is 0. The zero-order valence-electron chi connectivity index (χ0n) is 10.8. The fourth-order valence-electron chi connectivity index (χ4n) is 2.21. The lowest BCUT2D eigenvalue weighted by atomic mass is 10.1. The predicted octanol–water partition coefficient (Wildman–Crippen LogP) is 0.238. The van der Waals surface area contributed by atoms with E-state index in [-0.39, 0.29) is 6.42 Å². The van der Waals surface area contributed by atoms with E-state index in [9.17, 15) is 9.90 Å². The van der Waals surface area contributed by atoms with Gasteiger partial charge < -0.3 is 10.2 Å². The van der Waals surface area contributed by atoms with Gasteiger partial charge in [-0.05, 0) is 13.3 Å². The van der Waals surface area contributed by atoms with Crippen molar-refractivity contribution < 1.29 is 15.0 Å². The van der Waals surface area contributed by atoms with Crippen molar-refractivity contribution in [3.8, 4) is 0 Å². The van der Waals surface area contributed by atoms with Gasteiger partial charge in [0.05, 0.1) is 12.5 Å². The van der Waals surface area contributed by atoms with Crippen LogP contribution in [0.4, 0.5) is 0 Å². The van der Waals surface area contributed by atoms with Crippen LogP contribution >= 0.6 is 0 Å². The maximum absolute atomic E-state index is 10.4. The molecule has 1 aliphatic heterocycles. The van der Waals surface area contributed by atoms with Gasteiger partial charge in [0.15, 0.2) is 0 Å². The fraction of sp³-hybridized carbons (Fsp3) is 0.917. The van der Waals surface area contributed by atoms with Crippen molar-refractivity contribution in [3.63, 3.8) is 0 Å². The highest BCUT2D eigenvalue weighted by atomic mass is 16.4. The molecule has 0 bridgehead atoms. The van der Waals surface area contributed by atoms with E-state index >= 15 is 0 Å². The first-order chi connectivity index (χ1) is 8.02. The molecule has 0 aromatic carbocycles. The van der Waals surface area contributed by atoms with E-state index in [4.69, 9.17) is 5.11 Å². The summed E-state index contributed by atoms with van der Waals surface area (Å²) in [6.45, 7) is 8.74. The summed E-state index contributed by atoms with van der Waals surface area (Å²) in [7, 11) is 0. The van der Waals surface area contributed by atoms with E-state index in [1.807, 2.05) is 0 Å². The topological polar surface area (TPSA) is 64.0 Å². The molecule has 17 heavy (non-hydrogen) atoms. The van der Waals surface area contributed by atoms with Crippen molar-refractivity contribution in [3.05, 3.63) is 0 Å². The zero-order valence-corrected chi connectivity index (χ0v) is 10.8. The first-order valence-electron chi connectivity index (χ1n) is 6.39. The molecule has 1 rings (SSSR count). The molecule has 2 N–H and O–H groups in total. The number of piperazine rings is 1. The third-order valence-electron chi connectivity index (χ3n) is 3.50. The molecule has 0 radical (unpaired) electrons. The highest BCUT2D eigenvalue weighted by molar-refractivity contribution is 5.67. The summed E-state index contributed by atoms with van der Waals surface area (Å²) in [6, 6.07) is 0.612. The van der Waals surface area contributed by atoms with Gasteiger partial charge in [0.1, 0.15) is 0 Å². The van der Waals surface area contributed by atoms with Gasteiger partial charge in [0.2, 0.25) is 0 Å². The van der Waals surface area contributed by atoms with Crippen LogP contribution in [-0.4, -0.2) is 70.9 Å². The summed E-state index contributed by atoms with van der Waals surface area (Å²) in [6.07, 6.45) is 0.246. The van der Waals surface area contributed by atoms with Crippen molar-refractivity contribution in [2.24, 2.45) is 0 Å². The summed E-state index contributed by atoms with van der Waals surface area (Å²) in [4.78, 5) is 15.0. The third kappa shape index (κ3) is 5.02. The lowest BCUT2D eigenvalue weighted by molar-refractivity contribution is -0.139. The molecule has 0 aromatic heterocycles. The molecule has 0 amide bonds. The number of hydrogen-bond donors (Lipinski definition) is 2. The molecule has 100 valence electrons. The second-order valence-corrected chi connectivity index (χ2v) is 4.85. The number of aliphatic carboxylic acids is 1. The second-order valence-electron chi connectivity index (χ2n) is 4.85. The Bertz CT molecular complexity index is 240. The van der Waals surface area contributed by atoms with Crippen LogP contribution in [0.15, 0.2) is 0 Å². The number of nitrogens with zero attached hydrogens (tertiary/aromatic N) is 2. The van der Waals surface area contributed by atoms with E-state index in [0.29, 0.717) is 12.6 Å². The van der Waals surface area contributed by atoms with Crippen LogP contribution in [0.3, 0.4) is 0 Å². The van der Waals surface area contributed by atoms with Crippen molar-refractivity contribution in [2.45, 2.75) is 38.8 Å². The van der Waals surface area contributed by atoms with Crippen LogP contribution < -0.4 is 0 Å². The lowest BCUT2D eigenvalue weighted by Crippen LogP contribution is -2.51. The molecule has 1 fully saturated rings. The Hall–Kier alpha value is -0.650. The summed E-state index contributed by atoms with van der Waals surface area (Å²) >= 11 is 0. The highest BCUT2D eigenvalue weighted by Gasteiger charge is 2.22. The van der Waals surface area contributed by atoms with Gasteiger partial charge in [0.25, 0.3) is 0 Å². The van der Waals surface area contributed by atoms with E-state index < -0.39 is 12.1 Å². The van der Waals surface area contributed by atoms with Crippen LogP contribution in [0.5, 0.6) is 0 Å². The molecule has 1 saturated heterocycles. The molecule has 5 nitrogen and oxygen atoms in total. The lowest BCUT2D eigenvalue weighted by Gasteiger charge is -2.38. The number of hydrogen-bond acceptors (Lipinski definition) is 4. The minimum atomic E-state index is -0.934. The Balaban J connectivity index is 2.25. The van der Waals surface area contributed by atoms with E-state index in [2.05, 4.69) is 23.6 Å². The van der Waals surface area contributed by atoms with Gasteiger partial charge in [-0.3, -0.25) is 14.6 Å². The average molecular weight is 244 g/mol. The number of carboxylic acid groups (broad SMARTS) is 1. The molecule has 2 atom stereocenters. The van der Waals surface area contributed by atoms with E-state index in [1.54, 1.807) is 0 Å². The quantitative estimate of drug-likeness (QED) is 0.700. The largest absolute Gasteiger partial charge is 0.481 e. The molecular weight excluding hydrogens is 220 g/mol. The van der Waals surface area contributed by atoms with Gasteiger partial charge in [-0.25, -0.2) is 0 Å². The average Bonchev–Trinajstić information content (AvgIpc) is 2.28. The number of carbonyl (C=O) groups is 1. The molecule has 0 spiro atoms. The van der Waals surface area contributed by atoms with Crippen molar-refractivity contribution in [2.75, 3.05) is 32.7 Å². The second kappa shape index (κ2) is 6.93. The maximum Gasteiger partial charge on any atom is 0.306 e. The molecular formula is C12H24N2O3. The Labute approximate surface area is 103 Å². The number of aliphatic hydroxyl groups excluding tert-OH is 1. The molecule has 1 aliphatic rings. The van der Waals surface area contributed by atoms with Crippen molar-refractivity contribution in [1.82, 2.24) is 9.80 Å². The predicted molar refractivity (Wildman–Crippen MR) is 66.0 cm³/mol. The van der Waals surface area contributed by atoms with E-state index in [1.165, 1.54) is 0 Å². The zero-order chi connectivity index (χ0) is 12.8.